The van der Waals surface area contributed by atoms with Crippen molar-refractivity contribution in [3.63, 3.8) is 0 Å². The maximum Gasteiger partial charge on any atom is 0.199 e. The Bertz CT molecular complexity index is 2440. The van der Waals surface area contributed by atoms with Gasteiger partial charge in [-0.3, -0.25) is 0 Å². The smallest absolute Gasteiger partial charge is 0.199 e. The number of fused-ring (bicyclic) bond motifs is 3. The van der Waals surface area contributed by atoms with Gasteiger partial charge in [0.15, 0.2) is 11.3 Å². The van der Waals surface area contributed by atoms with Crippen LogP contribution in [0.1, 0.15) is 25.0 Å². The highest BCUT2D eigenvalue weighted by Gasteiger charge is 2.36. The molecule has 0 N–H and O–H groups in total. The van der Waals surface area contributed by atoms with Crippen LogP contribution in [0.15, 0.2) is 164 Å². The van der Waals surface area contributed by atoms with Crippen molar-refractivity contribution in [3.8, 4) is 45.0 Å². The predicted molar refractivity (Wildman–Crippen MR) is 204 cm³/mol. The van der Waals surface area contributed by atoms with Crippen molar-refractivity contribution in [2.75, 3.05) is 4.90 Å². The number of para-hydroxylation sites is 2. The first-order chi connectivity index (χ1) is 24.6. The van der Waals surface area contributed by atoms with Gasteiger partial charge < -0.3 is 4.90 Å². The van der Waals surface area contributed by atoms with Gasteiger partial charge in [0.1, 0.15) is 0 Å². The van der Waals surface area contributed by atoms with Crippen LogP contribution < -0.4 is 4.90 Å². The summed E-state index contributed by atoms with van der Waals surface area (Å²) < 4.78 is 0. The molecule has 5 nitrogen and oxygen atoms in total. The minimum absolute atomic E-state index is 0.116. The summed E-state index contributed by atoms with van der Waals surface area (Å²) in [6.45, 7) is 4.62. The molecule has 238 valence electrons. The molecule has 50 heavy (non-hydrogen) atoms. The monoisotopic (exact) mass is 643 g/mol. The fraction of sp³-hybridized carbons (Fsp3) is 0.0667. The Labute approximate surface area is 291 Å². The van der Waals surface area contributed by atoms with Gasteiger partial charge in [0.2, 0.25) is 0 Å². The Balaban J connectivity index is 1.22. The van der Waals surface area contributed by atoms with Crippen LogP contribution in [0, 0.1) is 0 Å². The van der Waals surface area contributed by atoms with Crippen LogP contribution in [0.25, 0.3) is 56.3 Å². The summed E-state index contributed by atoms with van der Waals surface area (Å²) in [7, 11) is 0. The molecule has 0 saturated carbocycles. The second kappa shape index (κ2) is 11.9. The lowest BCUT2D eigenvalue weighted by Crippen LogP contribution is -2.30. The fourth-order valence-electron chi connectivity index (χ4n) is 7.19. The van der Waals surface area contributed by atoms with Crippen molar-refractivity contribution in [1.82, 2.24) is 19.9 Å². The van der Waals surface area contributed by atoms with E-state index in [-0.39, 0.29) is 5.41 Å². The molecule has 0 amide bonds. The molecule has 0 aliphatic carbocycles. The average Bonchev–Trinajstić information content (AvgIpc) is 3.18. The summed E-state index contributed by atoms with van der Waals surface area (Å²) in [6, 6.07) is 56.6. The van der Waals surface area contributed by atoms with Crippen molar-refractivity contribution in [2.45, 2.75) is 19.3 Å². The molecule has 0 saturated heterocycles. The summed E-state index contributed by atoms with van der Waals surface area (Å²) in [5.41, 5.74) is 13.9. The van der Waals surface area contributed by atoms with E-state index < -0.39 is 0 Å². The molecule has 8 aromatic rings. The lowest BCUT2D eigenvalue weighted by Gasteiger charge is -2.42. The van der Waals surface area contributed by atoms with Gasteiger partial charge in [-0.25, -0.2) is 19.9 Å². The van der Waals surface area contributed by atoms with Crippen LogP contribution in [0.4, 0.5) is 17.1 Å². The Morgan fingerprint density at radius 1 is 0.360 bits per heavy atom. The zero-order valence-corrected chi connectivity index (χ0v) is 27.8. The molecule has 0 atom stereocenters. The van der Waals surface area contributed by atoms with Crippen LogP contribution in [-0.4, -0.2) is 19.9 Å². The number of hydrogen-bond donors (Lipinski definition) is 0. The summed E-state index contributed by atoms with van der Waals surface area (Å²) >= 11 is 0. The zero-order chi connectivity index (χ0) is 33.7. The topological polar surface area (TPSA) is 54.8 Å². The Hall–Kier alpha value is -6.46. The third kappa shape index (κ3) is 4.94. The normalized spacial score (nSPS) is 13.1. The van der Waals surface area contributed by atoms with Gasteiger partial charge in [-0.2, -0.15) is 0 Å². The first-order valence-electron chi connectivity index (χ1n) is 16.9. The predicted octanol–water partition coefficient (Wildman–Crippen LogP) is 11.2. The minimum atomic E-state index is -0.116. The van der Waals surface area contributed by atoms with Gasteiger partial charge in [0, 0.05) is 33.4 Å². The minimum Gasteiger partial charge on any atom is -0.310 e. The second-order valence-electron chi connectivity index (χ2n) is 13.1. The van der Waals surface area contributed by atoms with E-state index in [0.717, 1.165) is 50.7 Å². The molecule has 0 bridgehead atoms. The molecule has 0 fully saturated rings. The van der Waals surface area contributed by atoms with Gasteiger partial charge in [-0.05, 0) is 35.4 Å². The molecule has 9 rings (SSSR count). The molecule has 5 heteroatoms. The average molecular weight is 644 g/mol. The van der Waals surface area contributed by atoms with Gasteiger partial charge in [-0.15, -0.1) is 0 Å². The molecule has 2 aromatic heterocycles. The molecule has 0 radical (unpaired) electrons. The Kier molecular flexibility index (Phi) is 7.06. The number of rotatable bonds is 5. The second-order valence-corrected chi connectivity index (χ2v) is 13.1. The fourth-order valence-corrected chi connectivity index (χ4v) is 7.19. The van der Waals surface area contributed by atoms with Crippen LogP contribution in [0.5, 0.6) is 0 Å². The summed E-state index contributed by atoms with van der Waals surface area (Å²) in [5, 5.41) is 0. The molecule has 3 heterocycles. The quantitative estimate of drug-likeness (QED) is 0.187. The van der Waals surface area contributed by atoms with Gasteiger partial charge in [0.25, 0.3) is 0 Å². The van der Waals surface area contributed by atoms with Gasteiger partial charge in [-0.1, -0.05) is 153 Å². The highest BCUT2D eigenvalue weighted by atomic mass is 15.2. The molecule has 0 unspecified atom stereocenters. The van der Waals surface area contributed by atoms with E-state index in [4.69, 9.17) is 19.9 Å². The molecule has 6 aromatic carbocycles. The summed E-state index contributed by atoms with van der Waals surface area (Å²) in [6.07, 6.45) is 0. The lowest BCUT2D eigenvalue weighted by molar-refractivity contribution is 0.632. The Morgan fingerprint density at radius 3 is 1.06 bits per heavy atom. The van der Waals surface area contributed by atoms with Crippen LogP contribution >= 0.6 is 0 Å². The SMILES string of the molecule is CC1(C)c2ccccc2N(c2ccc(-c3nc4nc(-c5ccccc5)c(-c5ccccc5)nc4nc3-c3ccccc3)cc2)c2ccccc21. The first kappa shape index (κ1) is 29.7. The summed E-state index contributed by atoms with van der Waals surface area (Å²) in [5.74, 6) is 0. The van der Waals surface area contributed by atoms with Gasteiger partial charge >= 0.3 is 0 Å². The largest absolute Gasteiger partial charge is 0.310 e. The van der Waals surface area contributed by atoms with Crippen molar-refractivity contribution in [2.24, 2.45) is 0 Å². The number of hydrogen-bond acceptors (Lipinski definition) is 5. The molecule has 1 aliphatic rings. The van der Waals surface area contributed by atoms with E-state index in [1.54, 1.807) is 0 Å². The highest BCUT2D eigenvalue weighted by molar-refractivity contribution is 5.90. The van der Waals surface area contributed by atoms with Gasteiger partial charge in [0.05, 0.1) is 34.2 Å². The number of benzene rings is 6. The van der Waals surface area contributed by atoms with Crippen molar-refractivity contribution in [1.29, 1.82) is 0 Å². The molecule has 0 spiro atoms. The first-order valence-corrected chi connectivity index (χ1v) is 16.9. The van der Waals surface area contributed by atoms with Crippen molar-refractivity contribution < 1.29 is 0 Å². The van der Waals surface area contributed by atoms with Crippen LogP contribution in [-0.2, 0) is 5.41 Å². The van der Waals surface area contributed by atoms with Crippen molar-refractivity contribution >= 4 is 28.4 Å². The van der Waals surface area contributed by atoms with Crippen LogP contribution in [0.3, 0.4) is 0 Å². The van der Waals surface area contributed by atoms with E-state index in [0.29, 0.717) is 11.3 Å². The van der Waals surface area contributed by atoms with E-state index in [9.17, 15) is 0 Å². The lowest BCUT2D eigenvalue weighted by atomic mass is 9.73. The van der Waals surface area contributed by atoms with E-state index in [2.05, 4.69) is 128 Å². The Morgan fingerprint density at radius 2 is 0.680 bits per heavy atom. The maximum atomic E-state index is 5.23. The summed E-state index contributed by atoms with van der Waals surface area (Å²) in [4.78, 5) is 23.1. The third-order valence-electron chi connectivity index (χ3n) is 9.70. The van der Waals surface area contributed by atoms with E-state index >= 15 is 0 Å². The molecular weight excluding hydrogens is 611 g/mol. The highest BCUT2D eigenvalue weighted by Crippen LogP contribution is 2.51. The number of aromatic nitrogens is 4. The van der Waals surface area contributed by atoms with Crippen LogP contribution in [0.2, 0.25) is 0 Å². The third-order valence-corrected chi connectivity index (χ3v) is 9.70. The number of anilines is 3. The molecular formula is C45H33N5. The van der Waals surface area contributed by atoms with E-state index in [1.165, 1.54) is 22.5 Å². The standard InChI is InChI=1S/C45H33N5/c1-45(2)35-22-12-14-24-37(35)50(38-25-15-13-23-36(38)45)34-28-26-33(27-29-34)42-41(32-20-10-5-11-21-32)48-43-44(49-42)47-40(31-18-8-4-9-19-31)39(46-43)30-16-6-3-7-17-30/h3-29H,1-2H3. The number of nitrogens with zero attached hydrogens (tertiary/aromatic N) is 5. The van der Waals surface area contributed by atoms with E-state index in [1.807, 2.05) is 54.6 Å². The zero-order valence-electron chi connectivity index (χ0n) is 27.8. The van der Waals surface area contributed by atoms with Crippen molar-refractivity contribution in [3.05, 3.63) is 175 Å². The molecule has 1 aliphatic heterocycles. The maximum absolute atomic E-state index is 5.23.